The molecule has 1 unspecified atom stereocenters. The minimum Gasteiger partial charge on any atom is -0.444 e. The number of sulfonamides is 1. The minimum absolute atomic E-state index is 0.0780. The lowest BCUT2D eigenvalue weighted by molar-refractivity contribution is 0.0511. The third-order valence-electron chi connectivity index (χ3n) is 5.34. The minimum atomic E-state index is -3.79. The fraction of sp³-hybridized carbons (Fsp3) is 0.700. The van der Waals surface area contributed by atoms with Crippen LogP contribution in [0.4, 0.5) is 4.79 Å². The molecule has 168 valence electrons. The molecular formula is C20H32N4O5S. The summed E-state index contributed by atoms with van der Waals surface area (Å²) in [7, 11) is -3.79. The van der Waals surface area contributed by atoms with Gasteiger partial charge in [-0.2, -0.15) is 4.31 Å². The van der Waals surface area contributed by atoms with Crippen LogP contribution in [-0.4, -0.2) is 72.4 Å². The summed E-state index contributed by atoms with van der Waals surface area (Å²) in [5, 5.41) is 2.69. The number of nitrogens with zero attached hydrogens (tertiary/aromatic N) is 2. The maximum absolute atomic E-state index is 13.3. The molecule has 0 radical (unpaired) electrons. The van der Waals surface area contributed by atoms with Gasteiger partial charge in [0.15, 0.2) is 0 Å². The topological polar surface area (TPSA) is 112 Å². The molecule has 0 aliphatic carbocycles. The van der Waals surface area contributed by atoms with E-state index in [9.17, 15) is 18.0 Å². The van der Waals surface area contributed by atoms with E-state index in [-0.39, 0.29) is 29.1 Å². The van der Waals surface area contributed by atoms with Crippen LogP contribution < -0.4 is 5.32 Å². The van der Waals surface area contributed by atoms with Gasteiger partial charge in [-0.1, -0.05) is 6.42 Å². The Bertz CT molecular complexity index is 868. The molecule has 2 aliphatic rings. The SMILES string of the molecule is CC(C)(C)OC(=O)NCC1CCCCN1S(=O)(=O)c1c[nH]c(C(=O)N2CCCC2)c1. The van der Waals surface area contributed by atoms with Gasteiger partial charge >= 0.3 is 6.09 Å². The number of hydrogen-bond acceptors (Lipinski definition) is 5. The van der Waals surface area contributed by atoms with Gasteiger partial charge in [-0.15, -0.1) is 0 Å². The maximum atomic E-state index is 13.3. The number of nitrogens with one attached hydrogen (secondary N) is 2. The molecule has 9 nitrogen and oxygen atoms in total. The van der Waals surface area contributed by atoms with Crippen molar-refractivity contribution in [2.24, 2.45) is 0 Å². The Hall–Kier alpha value is -2.07. The summed E-state index contributed by atoms with van der Waals surface area (Å²) in [6.07, 6.45) is 5.05. The van der Waals surface area contributed by atoms with Crippen LogP contribution in [0, 0.1) is 0 Å². The first-order valence-electron chi connectivity index (χ1n) is 10.5. The van der Waals surface area contributed by atoms with Crippen LogP contribution in [0.1, 0.15) is 63.4 Å². The average Bonchev–Trinajstić information content (AvgIpc) is 3.37. The van der Waals surface area contributed by atoms with Gasteiger partial charge in [0.25, 0.3) is 5.91 Å². The number of carbonyl (C=O) groups excluding carboxylic acids is 2. The van der Waals surface area contributed by atoms with Crippen LogP contribution in [-0.2, 0) is 14.8 Å². The zero-order chi connectivity index (χ0) is 21.9. The second kappa shape index (κ2) is 8.97. The van der Waals surface area contributed by atoms with E-state index >= 15 is 0 Å². The fourth-order valence-electron chi connectivity index (χ4n) is 3.88. The molecule has 1 aromatic rings. The number of aromatic nitrogens is 1. The highest BCUT2D eigenvalue weighted by Gasteiger charge is 2.35. The molecular weight excluding hydrogens is 408 g/mol. The van der Waals surface area contributed by atoms with E-state index in [4.69, 9.17) is 4.74 Å². The van der Waals surface area contributed by atoms with E-state index < -0.39 is 21.7 Å². The Morgan fingerprint density at radius 1 is 1.17 bits per heavy atom. The molecule has 2 saturated heterocycles. The molecule has 2 fully saturated rings. The number of rotatable bonds is 5. The average molecular weight is 441 g/mol. The Labute approximate surface area is 178 Å². The van der Waals surface area contributed by atoms with Crippen molar-refractivity contribution in [2.75, 3.05) is 26.2 Å². The van der Waals surface area contributed by atoms with Crippen molar-refractivity contribution < 1.29 is 22.7 Å². The highest BCUT2D eigenvalue weighted by molar-refractivity contribution is 7.89. The van der Waals surface area contributed by atoms with Crippen molar-refractivity contribution in [3.05, 3.63) is 18.0 Å². The van der Waals surface area contributed by atoms with E-state index in [0.29, 0.717) is 26.1 Å². The molecule has 2 N–H and O–H groups in total. The van der Waals surface area contributed by atoms with Crippen LogP contribution >= 0.6 is 0 Å². The van der Waals surface area contributed by atoms with Crippen molar-refractivity contribution in [3.63, 3.8) is 0 Å². The predicted octanol–water partition coefficient (Wildman–Crippen LogP) is 2.32. The van der Waals surface area contributed by atoms with Crippen LogP contribution in [0.5, 0.6) is 0 Å². The zero-order valence-electron chi connectivity index (χ0n) is 17.9. The number of H-pyrrole nitrogens is 1. The van der Waals surface area contributed by atoms with E-state index in [0.717, 1.165) is 25.7 Å². The normalized spacial score (nSPS) is 20.9. The van der Waals surface area contributed by atoms with E-state index in [1.54, 1.807) is 25.7 Å². The van der Waals surface area contributed by atoms with Crippen LogP contribution in [0.15, 0.2) is 17.2 Å². The number of likely N-dealkylation sites (tertiary alicyclic amines) is 1. The first-order chi connectivity index (χ1) is 14.1. The van der Waals surface area contributed by atoms with Gasteiger partial charge in [-0.05, 0) is 52.5 Å². The largest absolute Gasteiger partial charge is 0.444 e. The molecule has 3 rings (SSSR count). The van der Waals surface area contributed by atoms with Gasteiger partial charge in [0.2, 0.25) is 10.0 Å². The third-order valence-corrected chi connectivity index (χ3v) is 7.27. The summed E-state index contributed by atoms with van der Waals surface area (Å²) >= 11 is 0. The molecule has 0 spiro atoms. The maximum Gasteiger partial charge on any atom is 0.407 e. The van der Waals surface area contributed by atoms with Gasteiger partial charge in [-0.25, -0.2) is 13.2 Å². The summed E-state index contributed by atoms with van der Waals surface area (Å²) < 4.78 is 33.2. The Kier molecular flexibility index (Phi) is 6.76. The van der Waals surface area contributed by atoms with Crippen molar-refractivity contribution in [1.82, 2.24) is 19.5 Å². The zero-order valence-corrected chi connectivity index (χ0v) is 18.8. The standard InChI is InChI=1S/C20H32N4O5S/c1-20(2,3)29-19(26)22-13-15-8-4-5-11-24(15)30(27,28)16-12-17(21-14-16)18(25)23-9-6-7-10-23/h12,14-15,21H,4-11,13H2,1-3H3,(H,22,26). The van der Waals surface area contributed by atoms with Crippen LogP contribution in [0.25, 0.3) is 0 Å². The Morgan fingerprint density at radius 2 is 1.83 bits per heavy atom. The smallest absolute Gasteiger partial charge is 0.407 e. The number of aromatic amines is 1. The number of hydrogen-bond donors (Lipinski definition) is 2. The molecule has 2 aliphatic heterocycles. The second-order valence-corrected chi connectivity index (χ2v) is 10.8. The first kappa shape index (κ1) is 22.6. The van der Waals surface area contributed by atoms with Crippen molar-refractivity contribution in [1.29, 1.82) is 0 Å². The number of carbonyl (C=O) groups is 2. The Balaban J connectivity index is 1.70. The number of amides is 2. The monoisotopic (exact) mass is 440 g/mol. The summed E-state index contributed by atoms with van der Waals surface area (Å²) in [5.41, 5.74) is -0.331. The third kappa shape index (κ3) is 5.34. The number of ether oxygens (including phenoxy) is 1. The van der Waals surface area contributed by atoms with E-state index in [2.05, 4.69) is 10.3 Å². The van der Waals surface area contributed by atoms with Gasteiger partial charge in [0.1, 0.15) is 16.2 Å². The lowest BCUT2D eigenvalue weighted by Gasteiger charge is -2.34. The number of alkyl carbamates (subject to hydrolysis) is 1. The highest BCUT2D eigenvalue weighted by atomic mass is 32.2. The molecule has 10 heteroatoms. The lowest BCUT2D eigenvalue weighted by Crippen LogP contribution is -2.49. The molecule has 2 amide bonds. The molecule has 1 aromatic heterocycles. The molecule has 0 aromatic carbocycles. The van der Waals surface area contributed by atoms with Gasteiger partial charge in [-0.3, -0.25) is 4.79 Å². The lowest BCUT2D eigenvalue weighted by atomic mass is 10.1. The Morgan fingerprint density at radius 3 is 2.50 bits per heavy atom. The van der Waals surface area contributed by atoms with Gasteiger partial charge in [0, 0.05) is 38.4 Å². The molecule has 0 saturated carbocycles. The summed E-state index contributed by atoms with van der Waals surface area (Å²) in [4.78, 5) is 29.2. The van der Waals surface area contributed by atoms with E-state index in [1.807, 2.05) is 0 Å². The highest BCUT2D eigenvalue weighted by Crippen LogP contribution is 2.26. The van der Waals surface area contributed by atoms with Crippen LogP contribution in [0.3, 0.4) is 0 Å². The van der Waals surface area contributed by atoms with Gasteiger partial charge in [0.05, 0.1) is 0 Å². The van der Waals surface area contributed by atoms with E-state index in [1.165, 1.54) is 16.6 Å². The molecule has 30 heavy (non-hydrogen) atoms. The van der Waals surface area contributed by atoms with Gasteiger partial charge < -0.3 is 19.9 Å². The molecule has 1 atom stereocenters. The second-order valence-electron chi connectivity index (χ2n) is 8.90. The van der Waals surface area contributed by atoms with Crippen molar-refractivity contribution >= 4 is 22.0 Å². The summed E-state index contributed by atoms with van der Waals surface area (Å²) in [6, 6.07) is 1.06. The molecule has 3 heterocycles. The van der Waals surface area contributed by atoms with Crippen molar-refractivity contribution in [3.8, 4) is 0 Å². The van der Waals surface area contributed by atoms with Crippen molar-refractivity contribution in [2.45, 2.75) is 69.4 Å². The predicted molar refractivity (Wildman–Crippen MR) is 112 cm³/mol. The summed E-state index contributed by atoms with van der Waals surface area (Å²) in [6.45, 7) is 7.28. The summed E-state index contributed by atoms with van der Waals surface area (Å²) in [5.74, 6) is -0.171. The van der Waals surface area contributed by atoms with Crippen LogP contribution in [0.2, 0.25) is 0 Å². The quantitative estimate of drug-likeness (QED) is 0.730. The fourth-order valence-corrected chi connectivity index (χ4v) is 5.57. The first-order valence-corrected chi connectivity index (χ1v) is 12.0. The molecule has 0 bridgehead atoms. The number of piperidine rings is 1.